The van der Waals surface area contributed by atoms with Crippen molar-refractivity contribution in [2.75, 3.05) is 16.8 Å². The van der Waals surface area contributed by atoms with Crippen molar-refractivity contribution < 1.29 is 23.9 Å². The van der Waals surface area contributed by atoms with E-state index in [4.69, 9.17) is 4.74 Å². The molecule has 1 aliphatic carbocycles. The Morgan fingerprint density at radius 1 is 0.912 bits per heavy atom. The van der Waals surface area contributed by atoms with Gasteiger partial charge in [0.25, 0.3) is 5.91 Å². The van der Waals surface area contributed by atoms with Gasteiger partial charge < -0.3 is 10.1 Å². The minimum absolute atomic E-state index is 0.204. The fourth-order valence-electron chi connectivity index (χ4n) is 4.59. The summed E-state index contributed by atoms with van der Waals surface area (Å²) in [4.78, 5) is 51.5. The normalized spacial score (nSPS) is 19.2. The van der Waals surface area contributed by atoms with E-state index in [1.165, 1.54) is 17.0 Å². The van der Waals surface area contributed by atoms with E-state index in [1.807, 2.05) is 44.2 Å². The number of hydrogen-bond acceptors (Lipinski definition) is 5. The van der Waals surface area contributed by atoms with Crippen LogP contribution in [0.1, 0.15) is 48.2 Å². The monoisotopic (exact) mass is 460 g/mol. The van der Waals surface area contributed by atoms with Gasteiger partial charge in [-0.2, -0.15) is 0 Å². The van der Waals surface area contributed by atoms with Crippen molar-refractivity contribution in [1.82, 2.24) is 0 Å². The lowest BCUT2D eigenvalue weighted by atomic mass is 9.85. The van der Waals surface area contributed by atoms with Gasteiger partial charge in [-0.1, -0.05) is 44.2 Å². The number of nitrogens with zero attached hydrogens (tertiary/aromatic N) is 1. The molecule has 2 atom stereocenters. The van der Waals surface area contributed by atoms with Crippen LogP contribution < -0.4 is 10.2 Å². The molecule has 0 aromatic heterocycles. The van der Waals surface area contributed by atoms with Crippen LogP contribution in [0, 0.1) is 11.8 Å². The summed E-state index contributed by atoms with van der Waals surface area (Å²) >= 11 is 0. The average molecular weight is 461 g/mol. The van der Waals surface area contributed by atoms with Crippen LogP contribution in [0.15, 0.2) is 54.6 Å². The van der Waals surface area contributed by atoms with E-state index < -0.39 is 18.5 Å². The number of benzene rings is 2. The molecule has 0 bridgehead atoms. The molecule has 1 aliphatic heterocycles. The molecule has 4 rings (SSSR count). The molecule has 2 aromatic rings. The fraction of sp³-hybridized carbons (Fsp3) is 0.333. The number of hydrogen-bond donors (Lipinski definition) is 1. The van der Waals surface area contributed by atoms with Crippen LogP contribution in [0.25, 0.3) is 0 Å². The molecule has 176 valence electrons. The average Bonchev–Trinajstić information content (AvgIpc) is 3.12. The first-order chi connectivity index (χ1) is 16.4. The van der Waals surface area contributed by atoms with Gasteiger partial charge in [0, 0.05) is 5.69 Å². The minimum atomic E-state index is -0.655. The van der Waals surface area contributed by atoms with Crippen LogP contribution in [0.2, 0.25) is 0 Å². The predicted octanol–water partition coefficient (Wildman–Crippen LogP) is 4.06. The summed E-state index contributed by atoms with van der Waals surface area (Å²) in [5, 5.41) is 2.87. The number of anilines is 2. The highest BCUT2D eigenvalue weighted by Gasteiger charge is 2.47. The molecule has 2 aromatic carbocycles. The van der Waals surface area contributed by atoms with Gasteiger partial charge in [0.05, 0.1) is 23.1 Å². The lowest BCUT2D eigenvalue weighted by molar-refractivity contribution is -0.122. The highest BCUT2D eigenvalue weighted by Crippen LogP contribution is 2.37. The molecule has 2 aliphatic rings. The van der Waals surface area contributed by atoms with Crippen LogP contribution in [0.4, 0.5) is 11.4 Å². The molecule has 34 heavy (non-hydrogen) atoms. The van der Waals surface area contributed by atoms with Crippen molar-refractivity contribution in [3.05, 3.63) is 71.3 Å². The third-order valence-electron chi connectivity index (χ3n) is 6.47. The van der Waals surface area contributed by atoms with Gasteiger partial charge in [-0.15, -0.1) is 0 Å². The second kappa shape index (κ2) is 10.0. The molecular weight excluding hydrogens is 432 g/mol. The van der Waals surface area contributed by atoms with Crippen LogP contribution in [-0.4, -0.2) is 30.3 Å². The molecule has 1 heterocycles. The number of carbonyl (C=O) groups is 4. The van der Waals surface area contributed by atoms with Gasteiger partial charge in [-0.05, 0) is 61.1 Å². The lowest BCUT2D eigenvalue weighted by Gasteiger charge is -2.15. The van der Waals surface area contributed by atoms with Crippen molar-refractivity contribution in [2.24, 2.45) is 11.8 Å². The number of para-hydroxylation sites is 1. The number of rotatable bonds is 7. The Labute approximate surface area is 198 Å². The fourth-order valence-corrected chi connectivity index (χ4v) is 4.59. The van der Waals surface area contributed by atoms with Gasteiger partial charge in [0.2, 0.25) is 11.8 Å². The maximum absolute atomic E-state index is 12.7. The Hall–Kier alpha value is -3.74. The minimum Gasteiger partial charge on any atom is -0.452 e. The molecular formula is C27H28N2O5. The standard InChI is InChI=1S/C27H28N2O5/c1-3-17-8-7-9-18(4-2)24(17)28-23(30)16-34-27(33)19-12-14-20(15-13-19)29-25(31)21-10-5-6-11-22(21)26(29)32/h5-9,12-15,21-22H,3-4,10-11,16H2,1-2H3,(H,28,30)/t21-,22-/m0/s1. The molecule has 1 fully saturated rings. The van der Waals surface area contributed by atoms with Crippen LogP contribution in [-0.2, 0) is 32.0 Å². The Morgan fingerprint density at radius 2 is 1.47 bits per heavy atom. The van der Waals surface area contributed by atoms with E-state index in [9.17, 15) is 19.2 Å². The summed E-state index contributed by atoms with van der Waals surface area (Å²) in [6, 6.07) is 12.0. The quantitative estimate of drug-likeness (QED) is 0.382. The third kappa shape index (κ3) is 4.51. The smallest absolute Gasteiger partial charge is 0.338 e. The van der Waals surface area contributed by atoms with Gasteiger partial charge in [-0.25, -0.2) is 4.79 Å². The summed E-state index contributed by atoms with van der Waals surface area (Å²) in [6.45, 7) is 3.62. The molecule has 0 saturated carbocycles. The molecule has 0 unspecified atom stereocenters. The van der Waals surface area contributed by atoms with Crippen molar-refractivity contribution in [3.63, 3.8) is 0 Å². The van der Waals surface area contributed by atoms with E-state index in [0.717, 1.165) is 29.7 Å². The van der Waals surface area contributed by atoms with E-state index >= 15 is 0 Å². The molecule has 7 nitrogen and oxygen atoms in total. The number of ether oxygens (including phenoxy) is 1. The molecule has 1 saturated heterocycles. The number of allylic oxidation sites excluding steroid dienone is 2. The van der Waals surface area contributed by atoms with Gasteiger partial charge >= 0.3 is 5.97 Å². The maximum atomic E-state index is 12.7. The van der Waals surface area contributed by atoms with Crippen molar-refractivity contribution in [2.45, 2.75) is 39.5 Å². The highest BCUT2D eigenvalue weighted by molar-refractivity contribution is 6.22. The van der Waals surface area contributed by atoms with Gasteiger partial charge in [0.15, 0.2) is 6.61 Å². The lowest BCUT2D eigenvalue weighted by Crippen LogP contribution is -2.30. The first-order valence-electron chi connectivity index (χ1n) is 11.6. The maximum Gasteiger partial charge on any atom is 0.338 e. The third-order valence-corrected chi connectivity index (χ3v) is 6.47. The summed E-state index contributed by atoms with van der Waals surface area (Å²) in [5.74, 6) is -2.10. The second-order valence-electron chi connectivity index (χ2n) is 8.50. The summed E-state index contributed by atoms with van der Waals surface area (Å²) in [7, 11) is 0. The molecule has 0 spiro atoms. The van der Waals surface area contributed by atoms with E-state index in [2.05, 4.69) is 5.32 Å². The Bertz CT molecular complexity index is 1100. The van der Waals surface area contributed by atoms with Gasteiger partial charge in [-0.3, -0.25) is 19.3 Å². The van der Waals surface area contributed by atoms with Crippen LogP contribution in [0.5, 0.6) is 0 Å². The number of carbonyl (C=O) groups excluding carboxylic acids is 4. The number of esters is 1. The zero-order chi connectivity index (χ0) is 24.2. The molecule has 7 heteroatoms. The number of nitrogens with one attached hydrogen (secondary N) is 1. The Balaban J connectivity index is 1.37. The van der Waals surface area contributed by atoms with E-state index in [0.29, 0.717) is 18.5 Å². The van der Waals surface area contributed by atoms with Crippen molar-refractivity contribution in [3.8, 4) is 0 Å². The van der Waals surface area contributed by atoms with E-state index in [1.54, 1.807) is 12.1 Å². The van der Waals surface area contributed by atoms with E-state index in [-0.39, 0.29) is 29.2 Å². The van der Waals surface area contributed by atoms with Crippen molar-refractivity contribution in [1.29, 1.82) is 0 Å². The first-order valence-corrected chi connectivity index (χ1v) is 11.6. The van der Waals surface area contributed by atoms with Crippen LogP contribution >= 0.6 is 0 Å². The second-order valence-corrected chi connectivity index (χ2v) is 8.50. The zero-order valence-corrected chi connectivity index (χ0v) is 19.4. The number of fused-ring (bicyclic) bond motifs is 1. The molecule has 0 radical (unpaired) electrons. The molecule has 1 N–H and O–H groups in total. The number of aryl methyl sites for hydroxylation is 2. The number of imide groups is 1. The highest BCUT2D eigenvalue weighted by atomic mass is 16.5. The van der Waals surface area contributed by atoms with Crippen molar-refractivity contribution >= 4 is 35.1 Å². The zero-order valence-electron chi connectivity index (χ0n) is 19.4. The SMILES string of the molecule is CCc1cccc(CC)c1NC(=O)COC(=O)c1ccc(N2C(=O)[C@H]3CC=CC[C@@H]3C2=O)cc1. The number of amides is 3. The summed E-state index contributed by atoms with van der Waals surface area (Å²) in [5.41, 5.74) is 3.49. The topological polar surface area (TPSA) is 92.8 Å². The predicted molar refractivity (Wildman–Crippen MR) is 128 cm³/mol. The Morgan fingerprint density at radius 3 is 2.00 bits per heavy atom. The van der Waals surface area contributed by atoms with Crippen LogP contribution in [0.3, 0.4) is 0 Å². The molecule has 3 amide bonds. The summed E-state index contributed by atoms with van der Waals surface area (Å²) < 4.78 is 5.19. The first kappa shape index (κ1) is 23.4. The largest absolute Gasteiger partial charge is 0.452 e. The Kier molecular flexibility index (Phi) is 6.91. The summed E-state index contributed by atoms with van der Waals surface area (Å²) in [6.07, 6.45) is 6.57. The van der Waals surface area contributed by atoms with Gasteiger partial charge in [0.1, 0.15) is 0 Å².